The largest absolute Gasteiger partial charge is 0.312 e. The molecule has 1 heterocycles. The molecule has 0 unspecified atom stereocenters. The zero-order valence-electron chi connectivity index (χ0n) is 12.2. The first-order valence-corrected chi connectivity index (χ1v) is 10.3. The van der Waals surface area contributed by atoms with Crippen molar-refractivity contribution in [1.82, 2.24) is 15.5 Å². The van der Waals surface area contributed by atoms with Crippen molar-refractivity contribution >= 4 is 50.8 Å². The molecule has 0 bridgehead atoms. The predicted molar refractivity (Wildman–Crippen MR) is 96.5 cm³/mol. The standard InChI is InChI=1S/C14H18BrN3S3/c1-9(2)7-16-8-10-6-11(15)4-5-12(10)20-14-18-17-13(19-3)21-14/h4-6,9,16H,7-8H2,1-3H3. The maximum atomic E-state index is 4.23. The van der Waals surface area contributed by atoms with Gasteiger partial charge >= 0.3 is 0 Å². The number of thioether (sulfide) groups is 1. The van der Waals surface area contributed by atoms with E-state index in [0.717, 1.165) is 26.2 Å². The first kappa shape index (κ1) is 17.3. The summed E-state index contributed by atoms with van der Waals surface area (Å²) in [6, 6.07) is 6.39. The Balaban J connectivity index is 2.10. The molecule has 1 aromatic carbocycles. The fourth-order valence-electron chi connectivity index (χ4n) is 1.70. The van der Waals surface area contributed by atoms with Gasteiger partial charge in [-0.2, -0.15) is 0 Å². The minimum absolute atomic E-state index is 0.653. The van der Waals surface area contributed by atoms with Crippen LogP contribution in [-0.4, -0.2) is 23.0 Å². The minimum atomic E-state index is 0.653. The van der Waals surface area contributed by atoms with Crippen molar-refractivity contribution in [1.29, 1.82) is 0 Å². The Hall–Kier alpha value is -0.0800. The van der Waals surface area contributed by atoms with Crippen molar-refractivity contribution in [3.05, 3.63) is 28.2 Å². The summed E-state index contributed by atoms with van der Waals surface area (Å²) in [6.45, 7) is 6.32. The highest BCUT2D eigenvalue weighted by atomic mass is 79.9. The molecule has 0 aliphatic carbocycles. The molecule has 1 N–H and O–H groups in total. The summed E-state index contributed by atoms with van der Waals surface area (Å²) in [6.07, 6.45) is 2.02. The van der Waals surface area contributed by atoms with Crippen LogP contribution in [0.4, 0.5) is 0 Å². The molecule has 0 saturated carbocycles. The lowest BCUT2D eigenvalue weighted by atomic mass is 10.2. The van der Waals surface area contributed by atoms with E-state index in [0.29, 0.717) is 5.92 Å². The number of nitrogens with one attached hydrogen (secondary N) is 1. The molecule has 7 heteroatoms. The molecule has 114 valence electrons. The fourth-order valence-corrected chi connectivity index (χ4v) is 4.61. The monoisotopic (exact) mass is 403 g/mol. The highest BCUT2D eigenvalue weighted by Crippen LogP contribution is 2.35. The molecule has 0 fully saturated rings. The van der Waals surface area contributed by atoms with Crippen LogP contribution >= 0.6 is 50.8 Å². The van der Waals surface area contributed by atoms with Crippen molar-refractivity contribution in [3.63, 3.8) is 0 Å². The summed E-state index contributed by atoms with van der Waals surface area (Å²) in [7, 11) is 0. The Labute approximate surface area is 146 Å². The summed E-state index contributed by atoms with van der Waals surface area (Å²) in [5.41, 5.74) is 1.29. The average molecular weight is 404 g/mol. The van der Waals surface area contributed by atoms with E-state index in [1.807, 2.05) is 6.26 Å². The summed E-state index contributed by atoms with van der Waals surface area (Å²) in [5.74, 6) is 0.653. The van der Waals surface area contributed by atoms with Crippen molar-refractivity contribution in [2.75, 3.05) is 12.8 Å². The Morgan fingerprint density at radius 3 is 2.71 bits per heavy atom. The summed E-state index contributed by atoms with van der Waals surface area (Å²) < 4.78 is 3.11. The van der Waals surface area contributed by atoms with Gasteiger partial charge in [0.1, 0.15) is 0 Å². The van der Waals surface area contributed by atoms with Gasteiger partial charge < -0.3 is 5.32 Å². The summed E-state index contributed by atoms with van der Waals surface area (Å²) >= 11 is 8.52. The highest BCUT2D eigenvalue weighted by molar-refractivity contribution is 9.10. The number of hydrogen-bond acceptors (Lipinski definition) is 6. The van der Waals surface area contributed by atoms with Gasteiger partial charge in [-0.15, -0.1) is 10.2 Å². The van der Waals surface area contributed by atoms with Gasteiger partial charge in [0, 0.05) is 15.9 Å². The third-order valence-electron chi connectivity index (χ3n) is 2.65. The molecule has 0 aliphatic rings. The van der Waals surface area contributed by atoms with Crippen molar-refractivity contribution < 1.29 is 0 Å². The SMILES string of the molecule is CSc1nnc(Sc2ccc(Br)cc2CNCC(C)C)s1. The number of halogens is 1. The molecule has 2 rings (SSSR count). The van der Waals surface area contributed by atoms with Crippen LogP contribution in [0.5, 0.6) is 0 Å². The molecular weight excluding hydrogens is 386 g/mol. The maximum absolute atomic E-state index is 4.23. The van der Waals surface area contributed by atoms with E-state index in [9.17, 15) is 0 Å². The molecule has 21 heavy (non-hydrogen) atoms. The topological polar surface area (TPSA) is 37.8 Å². The Morgan fingerprint density at radius 2 is 2.05 bits per heavy atom. The van der Waals surface area contributed by atoms with Crippen molar-refractivity contribution in [3.8, 4) is 0 Å². The van der Waals surface area contributed by atoms with E-state index in [2.05, 4.69) is 63.5 Å². The fraction of sp³-hybridized carbons (Fsp3) is 0.429. The third-order valence-corrected chi connectivity index (χ3v) is 6.21. The summed E-state index contributed by atoms with van der Waals surface area (Å²) in [4.78, 5) is 1.23. The van der Waals surface area contributed by atoms with Crippen LogP contribution in [0.3, 0.4) is 0 Å². The van der Waals surface area contributed by atoms with Gasteiger partial charge in [0.15, 0.2) is 8.68 Å². The molecule has 3 nitrogen and oxygen atoms in total. The molecule has 2 aromatic rings. The molecule has 0 amide bonds. The van der Waals surface area contributed by atoms with Crippen LogP contribution in [0, 0.1) is 5.92 Å². The number of hydrogen-bond donors (Lipinski definition) is 1. The van der Waals surface area contributed by atoms with Crippen molar-refractivity contribution in [2.24, 2.45) is 5.92 Å². The average Bonchev–Trinajstić information content (AvgIpc) is 2.89. The first-order valence-electron chi connectivity index (χ1n) is 6.63. The molecule has 0 spiro atoms. The number of nitrogens with zero attached hydrogens (tertiary/aromatic N) is 2. The van der Waals surface area contributed by atoms with Crippen molar-refractivity contribution in [2.45, 2.75) is 34.0 Å². The van der Waals surface area contributed by atoms with Gasteiger partial charge in [-0.1, -0.05) is 64.6 Å². The van der Waals surface area contributed by atoms with Crippen LogP contribution in [0.1, 0.15) is 19.4 Å². The van der Waals surface area contributed by atoms with Crippen LogP contribution < -0.4 is 5.32 Å². The second-order valence-electron chi connectivity index (χ2n) is 4.92. The first-order chi connectivity index (χ1) is 10.1. The van der Waals surface area contributed by atoms with E-state index in [-0.39, 0.29) is 0 Å². The summed E-state index contributed by atoms with van der Waals surface area (Å²) in [5, 5.41) is 11.9. The normalized spacial score (nSPS) is 11.3. The smallest absolute Gasteiger partial charge is 0.179 e. The van der Waals surface area contributed by atoms with Gasteiger partial charge in [0.25, 0.3) is 0 Å². The third kappa shape index (κ3) is 5.56. The molecule has 0 saturated heterocycles. The zero-order chi connectivity index (χ0) is 15.2. The molecule has 0 radical (unpaired) electrons. The second-order valence-corrected chi connectivity index (χ2v) is 9.15. The number of rotatable bonds is 7. The van der Waals surface area contributed by atoms with Gasteiger partial charge in [0.2, 0.25) is 0 Å². The van der Waals surface area contributed by atoms with E-state index < -0.39 is 0 Å². The molecule has 1 aromatic heterocycles. The predicted octanol–water partition coefficient (Wildman–Crippen LogP) is 4.92. The molecular formula is C14H18BrN3S3. The quantitative estimate of drug-likeness (QED) is 0.663. The minimum Gasteiger partial charge on any atom is -0.312 e. The highest BCUT2D eigenvalue weighted by Gasteiger charge is 2.10. The Kier molecular flexibility index (Phi) is 7.01. The van der Waals surface area contributed by atoms with E-state index in [1.54, 1.807) is 34.9 Å². The van der Waals surface area contributed by atoms with Gasteiger partial charge in [0.05, 0.1) is 0 Å². The van der Waals surface area contributed by atoms with Gasteiger partial charge in [-0.05, 0) is 42.5 Å². The van der Waals surface area contributed by atoms with Gasteiger partial charge in [-0.25, -0.2) is 0 Å². The molecule has 0 aliphatic heterocycles. The van der Waals surface area contributed by atoms with Crippen LogP contribution in [0.15, 0.2) is 36.2 Å². The maximum Gasteiger partial charge on any atom is 0.179 e. The zero-order valence-corrected chi connectivity index (χ0v) is 16.3. The number of aromatic nitrogens is 2. The van der Waals surface area contributed by atoms with E-state index in [1.165, 1.54) is 10.5 Å². The molecule has 0 atom stereocenters. The Bertz CT molecular complexity index is 587. The van der Waals surface area contributed by atoms with Crippen LogP contribution in [-0.2, 0) is 6.54 Å². The van der Waals surface area contributed by atoms with E-state index >= 15 is 0 Å². The second kappa shape index (κ2) is 8.53. The number of benzene rings is 1. The lowest BCUT2D eigenvalue weighted by Crippen LogP contribution is -2.19. The Morgan fingerprint density at radius 1 is 1.29 bits per heavy atom. The lowest BCUT2D eigenvalue weighted by molar-refractivity contribution is 0.550. The van der Waals surface area contributed by atoms with E-state index in [4.69, 9.17) is 0 Å². The lowest BCUT2D eigenvalue weighted by Gasteiger charge is -2.11. The van der Waals surface area contributed by atoms with Gasteiger partial charge in [-0.3, -0.25) is 0 Å². The van der Waals surface area contributed by atoms with Crippen LogP contribution in [0.25, 0.3) is 0 Å². The van der Waals surface area contributed by atoms with Crippen LogP contribution in [0.2, 0.25) is 0 Å².